The van der Waals surface area contributed by atoms with Gasteiger partial charge in [0, 0.05) is 28.4 Å². The average Bonchev–Trinajstić information content (AvgIpc) is 2.34. The van der Waals surface area contributed by atoms with Gasteiger partial charge in [-0.2, -0.15) is 0 Å². The van der Waals surface area contributed by atoms with E-state index in [4.69, 9.17) is 27.9 Å². The second kappa shape index (κ2) is 5.80. The van der Waals surface area contributed by atoms with Crippen LogP contribution < -0.4 is 10.1 Å². The Morgan fingerprint density at radius 2 is 2.05 bits per heavy atom. The summed E-state index contributed by atoms with van der Waals surface area (Å²) < 4.78 is 6.81. The Balaban J connectivity index is 2.09. The van der Waals surface area contributed by atoms with Crippen LogP contribution >= 0.6 is 39.1 Å². The number of halogens is 3. The van der Waals surface area contributed by atoms with E-state index in [1.165, 1.54) is 0 Å². The van der Waals surface area contributed by atoms with Gasteiger partial charge in [0.05, 0.1) is 10.0 Å². The van der Waals surface area contributed by atoms with E-state index < -0.39 is 0 Å². The van der Waals surface area contributed by atoms with E-state index in [1.54, 1.807) is 12.1 Å². The first-order valence-corrected chi connectivity index (χ1v) is 7.95. The van der Waals surface area contributed by atoms with Crippen LogP contribution in [0.1, 0.15) is 27.2 Å². The van der Waals surface area contributed by atoms with E-state index in [1.807, 2.05) is 0 Å². The molecule has 1 saturated carbocycles. The van der Waals surface area contributed by atoms with E-state index in [0.717, 1.165) is 17.4 Å². The lowest BCUT2D eigenvalue weighted by molar-refractivity contribution is -0.0540. The van der Waals surface area contributed by atoms with Crippen LogP contribution in [0.3, 0.4) is 0 Å². The molecule has 1 aromatic rings. The number of hydrogen-bond donors (Lipinski definition) is 1. The maximum Gasteiger partial charge on any atom is 0.139 e. The quantitative estimate of drug-likeness (QED) is 0.764. The highest BCUT2D eigenvalue weighted by Crippen LogP contribution is 2.45. The third kappa shape index (κ3) is 3.05. The number of hydrogen-bond acceptors (Lipinski definition) is 2. The zero-order valence-corrected chi connectivity index (χ0v) is 14.4. The van der Waals surface area contributed by atoms with Gasteiger partial charge in [-0.05, 0) is 28.5 Å². The lowest BCUT2D eigenvalue weighted by Crippen LogP contribution is -2.62. The molecule has 0 bridgehead atoms. The largest absolute Gasteiger partial charge is 0.488 e. The Morgan fingerprint density at radius 1 is 1.37 bits per heavy atom. The molecule has 2 unspecified atom stereocenters. The minimum Gasteiger partial charge on any atom is -0.488 e. The maximum atomic E-state index is 6.19. The van der Waals surface area contributed by atoms with Gasteiger partial charge in [0.2, 0.25) is 0 Å². The fourth-order valence-corrected chi connectivity index (χ4v) is 3.26. The van der Waals surface area contributed by atoms with Crippen molar-refractivity contribution in [2.24, 2.45) is 5.41 Å². The molecule has 1 fully saturated rings. The van der Waals surface area contributed by atoms with Crippen LogP contribution in [0.25, 0.3) is 0 Å². The minimum absolute atomic E-state index is 0.0961. The van der Waals surface area contributed by atoms with Gasteiger partial charge in [-0.25, -0.2) is 0 Å². The second-order valence-electron chi connectivity index (χ2n) is 5.47. The van der Waals surface area contributed by atoms with Gasteiger partial charge >= 0.3 is 0 Å². The van der Waals surface area contributed by atoms with Crippen molar-refractivity contribution in [2.75, 3.05) is 6.54 Å². The van der Waals surface area contributed by atoms with Crippen LogP contribution in [0.15, 0.2) is 16.6 Å². The predicted octanol–water partition coefficient (Wildman–Crippen LogP) is 4.91. The highest BCUT2D eigenvalue weighted by Gasteiger charge is 2.49. The van der Waals surface area contributed by atoms with Crippen molar-refractivity contribution in [3.8, 4) is 5.75 Å². The molecule has 0 heterocycles. The first kappa shape index (κ1) is 15.4. The Kier molecular flexibility index (Phi) is 4.71. The van der Waals surface area contributed by atoms with E-state index in [2.05, 4.69) is 42.0 Å². The van der Waals surface area contributed by atoms with Crippen LogP contribution in [0.4, 0.5) is 0 Å². The minimum atomic E-state index is 0.0961. The Hall–Kier alpha value is 0.0400. The number of benzene rings is 1. The fourth-order valence-electron chi connectivity index (χ4n) is 2.43. The number of rotatable bonds is 4. The smallest absolute Gasteiger partial charge is 0.139 e. The van der Waals surface area contributed by atoms with E-state index >= 15 is 0 Å². The normalized spacial score (nSPS) is 24.9. The first-order valence-electron chi connectivity index (χ1n) is 6.40. The van der Waals surface area contributed by atoms with Gasteiger partial charge in [0.1, 0.15) is 11.9 Å². The van der Waals surface area contributed by atoms with Gasteiger partial charge in [0.25, 0.3) is 0 Å². The standard InChI is InChI=1S/C14H18BrCl2NO/c1-4-18-12-7-13(14(12,2)3)19-11-6-9(16)8(15)5-10(11)17/h5-6,12-13,18H,4,7H2,1-3H3. The molecule has 1 aliphatic carbocycles. The molecule has 1 aromatic carbocycles. The van der Waals surface area contributed by atoms with Crippen LogP contribution in [-0.4, -0.2) is 18.7 Å². The molecule has 0 spiro atoms. The van der Waals surface area contributed by atoms with Crippen LogP contribution in [0, 0.1) is 5.41 Å². The molecule has 2 atom stereocenters. The molecule has 19 heavy (non-hydrogen) atoms. The van der Waals surface area contributed by atoms with Crippen molar-refractivity contribution in [3.05, 3.63) is 26.7 Å². The van der Waals surface area contributed by atoms with Gasteiger partial charge in [-0.15, -0.1) is 0 Å². The van der Waals surface area contributed by atoms with Crippen LogP contribution in [-0.2, 0) is 0 Å². The fraction of sp³-hybridized carbons (Fsp3) is 0.571. The van der Waals surface area contributed by atoms with Crippen molar-refractivity contribution in [1.29, 1.82) is 0 Å². The summed E-state index contributed by atoms with van der Waals surface area (Å²) in [6.45, 7) is 7.52. The Labute approximate surface area is 132 Å². The summed E-state index contributed by atoms with van der Waals surface area (Å²) in [7, 11) is 0. The topological polar surface area (TPSA) is 21.3 Å². The molecule has 0 amide bonds. The zero-order chi connectivity index (χ0) is 14.2. The molecule has 0 radical (unpaired) electrons. The predicted molar refractivity (Wildman–Crippen MR) is 84.4 cm³/mol. The van der Waals surface area contributed by atoms with E-state index in [-0.39, 0.29) is 11.5 Å². The first-order chi connectivity index (χ1) is 8.86. The average molecular weight is 367 g/mol. The molecular formula is C14H18BrCl2NO. The summed E-state index contributed by atoms with van der Waals surface area (Å²) in [4.78, 5) is 0. The number of ether oxygens (including phenoxy) is 1. The van der Waals surface area contributed by atoms with Crippen molar-refractivity contribution in [1.82, 2.24) is 5.32 Å². The molecule has 2 nitrogen and oxygen atoms in total. The van der Waals surface area contributed by atoms with Crippen molar-refractivity contribution >= 4 is 39.1 Å². The lowest BCUT2D eigenvalue weighted by Gasteiger charge is -2.51. The van der Waals surface area contributed by atoms with Crippen LogP contribution in [0.5, 0.6) is 5.75 Å². The van der Waals surface area contributed by atoms with Gasteiger partial charge in [0.15, 0.2) is 0 Å². The molecular weight excluding hydrogens is 349 g/mol. The van der Waals surface area contributed by atoms with Gasteiger partial charge in [-0.1, -0.05) is 44.0 Å². The third-order valence-corrected chi connectivity index (χ3v) is 5.36. The molecule has 0 aromatic heterocycles. The van der Waals surface area contributed by atoms with Gasteiger partial charge in [-0.3, -0.25) is 0 Å². The summed E-state index contributed by atoms with van der Waals surface area (Å²) in [5.41, 5.74) is 0.0961. The highest BCUT2D eigenvalue weighted by molar-refractivity contribution is 9.10. The van der Waals surface area contributed by atoms with E-state index in [0.29, 0.717) is 21.8 Å². The second-order valence-corrected chi connectivity index (χ2v) is 7.14. The number of nitrogens with one attached hydrogen (secondary N) is 1. The molecule has 106 valence electrons. The summed E-state index contributed by atoms with van der Waals surface area (Å²) in [5, 5.41) is 4.67. The third-order valence-electron chi connectivity index (χ3n) is 3.87. The molecule has 1 N–H and O–H groups in total. The van der Waals surface area contributed by atoms with Crippen molar-refractivity contribution in [2.45, 2.75) is 39.3 Å². The van der Waals surface area contributed by atoms with E-state index in [9.17, 15) is 0 Å². The molecule has 5 heteroatoms. The summed E-state index contributed by atoms with van der Waals surface area (Å²) in [5.74, 6) is 0.655. The molecule has 1 aliphatic rings. The Bertz CT molecular complexity index is 479. The maximum absolute atomic E-state index is 6.19. The Morgan fingerprint density at radius 3 is 2.63 bits per heavy atom. The SMILES string of the molecule is CCNC1CC(Oc2cc(Cl)c(Br)cc2Cl)C1(C)C. The van der Waals surface area contributed by atoms with Crippen LogP contribution in [0.2, 0.25) is 10.0 Å². The molecule has 0 aliphatic heterocycles. The zero-order valence-electron chi connectivity index (χ0n) is 11.3. The molecule has 2 rings (SSSR count). The molecule has 0 saturated heterocycles. The summed E-state index contributed by atoms with van der Waals surface area (Å²) >= 11 is 15.6. The lowest BCUT2D eigenvalue weighted by atomic mass is 9.64. The van der Waals surface area contributed by atoms with Crippen molar-refractivity contribution in [3.63, 3.8) is 0 Å². The summed E-state index contributed by atoms with van der Waals surface area (Å²) in [6, 6.07) is 4.03. The summed E-state index contributed by atoms with van der Waals surface area (Å²) in [6.07, 6.45) is 1.15. The highest BCUT2D eigenvalue weighted by atomic mass is 79.9. The van der Waals surface area contributed by atoms with Crippen molar-refractivity contribution < 1.29 is 4.74 Å². The monoisotopic (exact) mass is 365 g/mol. The van der Waals surface area contributed by atoms with Gasteiger partial charge < -0.3 is 10.1 Å².